The highest BCUT2D eigenvalue weighted by atomic mass is 35.5. The highest BCUT2D eigenvalue weighted by Gasteiger charge is 2.51. The third-order valence-corrected chi connectivity index (χ3v) is 3.45. The number of hydrogen-bond donors (Lipinski definition) is 1. The van der Waals surface area contributed by atoms with Gasteiger partial charge in [0.15, 0.2) is 5.60 Å². The Labute approximate surface area is 109 Å². The lowest BCUT2D eigenvalue weighted by atomic mass is 10.1. The van der Waals surface area contributed by atoms with Crippen molar-refractivity contribution < 1.29 is 9.53 Å². The van der Waals surface area contributed by atoms with Gasteiger partial charge in [0.2, 0.25) is 0 Å². The molecule has 4 nitrogen and oxygen atoms in total. The maximum atomic E-state index is 11.3. The third kappa shape index (κ3) is 1.78. The molecule has 1 aliphatic rings. The van der Waals surface area contributed by atoms with Crippen LogP contribution in [0.4, 0.5) is 0 Å². The first kappa shape index (κ1) is 11.3. The van der Waals surface area contributed by atoms with Crippen LogP contribution < -0.4 is 10.5 Å². The predicted molar refractivity (Wildman–Crippen MR) is 68.5 cm³/mol. The van der Waals surface area contributed by atoms with Crippen molar-refractivity contribution in [2.45, 2.75) is 18.4 Å². The van der Waals surface area contributed by atoms with Gasteiger partial charge in [-0.25, -0.2) is 4.98 Å². The van der Waals surface area contributed by atoms with Crippen LogP contribution in [-0.4, -0.2) is 16.5 Å². The standard InChI is InChI=1S/C13H11ClN2O2/c14-11-10-2-1-9(7-8(10)3-6-16-11)18-13(4-5-13)12(15)17/h1-3,6-7H,4-5H2,(H2,15,17). The van der Waals surface area contributed by atoms with Gasteiger partial charge >= 0.3 is 0 Å². The number of fused-ring (bicyclic) bond motifs is 1. The van der Waals surface area contributed by atoms with E-state index in [1.807, 2.05) is 18.2 Å². The van der Waals surface area contributed by atoms with Crippen LogP contribution in [0, 0.1) is 0 Å². The SMILES string of the molecule is NC(=O)C1(Oc2ccc3c(Cl)nccc3c2)CC1. The van der Waals surface area contributed by atoms with E-state index in [2.05, 4.69) is 4.98 Å². The average molecular weight is 263 g/mol. The smallest absolute Gasteiger partial charge is 0.261 e. The number of primary amides is 1. The number of hydrogen-bond acceptors (Lipinski definition) is 3. The van der Waals surface area contributed by atoms with Gasteiger partial charge in [-0.3, -0.25) is 4.79 Å². The molecule has 0 spiro atoms. The van der Waals surface area contributed by atoms with Crippen LogP contribution in [0.2, 0.25) is 5.15 Å². The summed E-state index contributed by atoms with van der Waals surface area (Å²) >= 11 is 5.98. The van der Waals surface area contributed by atoms with Crippen LogP contribution >= 0.6 is 11.6 Å². The van der Waals surface area contributed by atoms with E-state index in [0.29, 0.717) is 23.7 Å². The molecule has 0 bridgehead atoms. The lowest BCUT2D eigenvalue weighted by Crippen LogP contribution is -2.35. The zero-order chi connectivity index (χ0) is 12.8. The summed E-state index contributed by atoms with van der Waals surface area (Å²) in [5, 5.41) is 2.23. The molecule has 92 valence electrons. The quantitative estimate of drug-likeness (QED) is 0.863. The van der Waals surface area contributed by atoms with Crippen LogP contribution in [-0.2, 0) is 4.79 Å². The van der Waals surface area contributed by atoms with Crippen molar-refractivity contribution in [3.8, 4) is 5.75 Å². The van der Waals surface area contributed by atoms with Crippen LogP contribution in [0.5, 0.6) is 5.75 Å². The van der Waals surface area contributed by atoms with Gasteiger partial charge in [0, 0.05) is 24.4 Å². The molecule has 18 heavy (non-hydrogen) atoms. The lowest BCUT2D eigenvalue weighted by Gasteiger charge is -2.14. The Morgan fingerprint density at radius 3 is 2.83 bits per heavy atom. The van der Waals surface area contributed by atoms with Gasteiger partial charge in [-0.15, -0.1) is 0 Å². The number of benzene rings is 1. The van der Waals surface area contributed by atoms with E-state index in [9.17, 15) is 4.79 Å². The van der Waals surface area contributed by atoms with Gasteiger partial charge in [0.25, 0.3) is 5.91 Å². The molecule has 1 aromatic carbocycles. The molecule has 0 unspecified atom stereocenters. The molecule has 1 fully saturated rings. The maximum Gasteiger partial charge on any atom is 0.261 e. The molecule has 0 radical (unpaired) electrons. The first-order valence-corrected chi connectivity index (χ1v) is 6.02. The van der Waals surface area contributed by atoms with Gasteiger partial charge in [0.05, 0.1) is 0 Å². The van der Waals surface area contributed by atoms with Crippen molar-refractivity contribution in [1.29, 1.82) is 0 Å². The summed E-state index contributed by atoms with van der Waals surface area (Å²) in [6.07, 6.45) is 2.99. The van der Waals surface area contributed by atoms with E-state index < -0.39 is 11.5 Å². The molecule has 1 heterocycles. The van der Waals surface area contributed by atoms with E-state index in [1.54, 1.807) is 12.3 Å². The van der Waals surface area contributed by atoms with Gasteiger partial charge in [-0.1, -0.05) is 11.6 Å². The summed E-state index contributed by atoms with van der Waals surface area (Å²) in [5.74, 6) is 0.219. The summed E-state index contributed by atoms with van der Waals surface area (Å²) in [7, 11) is 0. The van der Waals surface area contributed by atoms with Crippen LogP contribution in [0.25, 0.3) is 10.8 Å². The highest BCUT2D eigenvalue weighted by molar-refractivity contribution is 6.34. The normalized spacial score (nSPS) is 16.5. The minimum absolute atomic E-state index is 0.407. The molecule has 1 amide bonds. The summed E-state index contributed by atoms with van der Waals surface area (Å²) in [6, 6.07) is 7.29. The van der Waals surface area contributed by atoms with E-state index in [1.165, 1.54) is 0 Å². The Bertz CT molecular complexity index is 638. The van der Waals surface area contributed by atoms with Gasteiger partial charge in [-0.05, 0) is 29.7 Å². The van der Waals surface area contributed by atoms with Crippen molar-refractivity contribution in [3.63, 3.8) is 0 Å². The predicted octanol–water partition coefficient (Wildman–Crippen LogP) is 2.28. The van der Waals surface area contributed by atoms with Crippen LogP contribution in [0.1, 0.15) is 12.8 Å². The molecular weight excluding hydrogens is 252 g/mol. The largest absolute Gasteiger partial charge is 0.477 e. The lowest BCUT2D eigenvalue weighted by molar-refractivity contribution is -0.126. The fraction of sp³-hybridized carbons (Fsp3) is 0.231. The third-order valence-electron chi connectivity index (χ3n) is 3.15. The zero-order valence-electron chi connectivity index (χ0n) is 9.52. The van der Waals surface area contributed by atoms with E-state index in [-0.39, 0.29) is 0 Å². The fourth-order valence-electron chi connectivity index (χ4n) is 1.92. The van der Waals surface area contributed by atoms with Crippen molar-refractivity contribution >= 4 is 28.3 Å². The number of carbonyl (C=O) groups excluding carboxylic acids is 1. The number of carbonyl (C=O) groups is 1. The number of amides is 1. The summed E-state index contributed by atoms with van der Waals surface area (Å²) in [6.45, 7) is 0. The molecule has 0 atom stereocenters. The highest BCUT2D eigenvalue weighted by Crippen LogP contribution is 2.40. The Morgan fingerprint density at radius 1 is 1.39 bits per heavy atom. The molecular formula is C13H11ClN2O2. The first-order chi connectivity index (χ1) is 8.61. The van der Waals surface area contributed by atoms with Gasteiger partial charge in [-0.2, -0.15) is 0 Å². The monoisotopic (exact) mass is 262 g/mol. The molecule has 5 heteroatoms. The maximum absolute atomic E-state index is 11.3. The fourth-order valence-corrected chi connectivity index (χ4v) is 2.15. The number of rotatable bonds is 3. The topological polar surface area (TPSA) is 65.2 Å². The Kier molecular flexibility index (Phi) is 2.41. The first-order valence-electron chi connectivity index (χ1n) is 5.64. The molecule has 1 saturated carbocycles. The minimum atomic E-state index is -0.801. The number of ether oxygens (including phenoxy) is 1. The van der Waals surface area contributed by atoms with Crippen molar-refractivity contribution in [1.82, 2.24) is 4.98 Å². The van der Waals surface area contributed by atoms with Crippen molar-refractivity contribution in [2.24, 2.45) is 5.73 Å². The number of nitrogens with zero attached hydrogens (tertiary/aromatic N) is 1. The second-order valence-electron chi connectivity index (χ2n) is 4.45. The summed E-state index contributed by atoms with van der Waals surface area (Å²) < 4.78 is 5.68. The van der Waals surface area contributed by atoms with E-state index in [0.717, 1.165) is 10.8 Å². The minimum Gasteiger partial charge on any atom is -0.477 e. The van der Waals surface area contributed by atoms with Crippen LogP contribution in [0.15, 0.2) is 30.5 Å². The number of halogens is 1. The van der Waals surface area contributed by atoms with Gasteiger partial charge in [0.1, 0.15) is 10.9 Å². The Morgan fingerprint density at radius 2 is 2.17 bits per heavy atom. The molecule has 0 aliphatic heterocycles. The average Bonchev–Trinajstić information content (AvgIpc) is 3.10. The second-order valence-corrected chi connectivity index (χ2v) is 4.80. The second kappa shape index (κ2) is 3.85. The molecule has 2 aromatic rings. The van der Waals surface area contributed by atoms with Crippen LogP contribution in [0.3, 0.4) is 0 Å². The Balaban J connectivity index is 1.97. The Hall–Kier alpha value is -1.81. The number of pyridine rings is 1. The zero-order valence-corrected chi connectivity index (χ0v) is 10.3. The van der Waals surface area contributed by atoms with Crippen molar-refractivity contribution in [2.75, 3.05) is 0 Å². The van der Waals surface area contributed by atoms with E-state index >= 15 is 0 Å². The number of nitrogens with two attached hydrogens (primary N) is 1. The van der Waals surface area contributed by atoms with Gasteiger partial charge < -0.3 is 10.5 Å². The summed E-state index contributed by atoms with van der Waals surface area (Å²) in [5.41, 5.74) is 4.52. The number of aromatic nitrogens is 1. The molecule has 3 rings (SSSR count). The molecule has 0 saturated heterocycles. The molecule has 1 aliphatic carbocycles. The van der Waals surface area contributed by atoms with E-state index in [4.69, 9.17) is 22.1 Å². The van der Waals surface area contributed by atoms with Crippen molar-refractivity contribution in [3.05, 3.63) is 35.6 Å². The summed E-state index contributed by atoms with van der Waals surface area (Å²) in [4.78, 5) is 15.3. The molecule has 2 N–H and O–H groups in total. The molecule has 1 aromatic heterocycles.